The van der Waals surface area contributed by atoms with Crippen molar-refractivity contribution in [2.24, 2.45) is 0 Å². The number of benzene rings is 2. The highest BCUT2D eigenvalue weighted by molar-refractivity contribution is 7.11. The van der Waals surface area contributed by atoms with Crippen LogP contribution in [0.1, 0.15) is 16.3 Å². The number of hydrogen-bond donors (Lipinski definition) is 0. The van der Waals surface area contributed by atoms with E-state index in [1.807, 2.05) is 17.5 Å². The summed E-state index contributed by atoms with van der Waals surface area (Å²) in [4.78, 5) is 4.50. The van der Waals surface area contributed by atoms with Gasteiger partial charge in [-0.25, -0.2) is 4.98 Å². The molecule has 3 nitrogen and oxygen atoms in total. The van der Waals surface area contributed by atoms with Crippen molar-refractivity contribution in [2.75, 3.05) is 0 Å². The molecule has 0 atom stereocenters. The fraction of sp³-hybridized carbons (Fsp3) is 0.0435. The Morgan fingerprint density at radius 3 is 2.55 bits per heavy atom. The highest BCUT2D eigenvalue weighted by Crippen LogP contribution is 2.33. The van der Waals surface area contributed by atoms with E-state index < -0.39 is 11.7 Å². The Morgan fingerprint density at radius 2 is 1.84 bits per heavy atom. The third kappa shape index (κ3) is 4.71. The van der Waals surface area contributed by atoms with E-state index in [4.69, 9.17) is 16.0 Å². The summed E-state index contributed by atoms with van der Waals surface area (Å²) < 4.78 is 44.5. The van der Waals surface area contributed by atoms with E-state index >= 15 is 0 Å². The van der Waals surface area contributed by atoms with Crippen molar-refractivity contribution in [3.8, 4) is 28.7 Å². The summed E-state index contributed by atoms with van der Waals surface area (Å²) in [6.07, 6.45) is -2.92. The molecule has 0 saturated heterocycles. The first-order chi connectivity index (χ1) is 14.8. The molecule has 8 heteroatoms. The maximum Gasteiger partial charge on any atom is 0.416 e. The molecule has 2 aromatic carbocycles. The molecule has 0 aliphatic rings. The summed E-state index contributed by atoms with van der Waals surface area (Å²) in [6.45, 7) is 0. The average molecular weight is 457 g/mol. The first-order valence-corrected chi connectivity index (χ1v) is 10.2. The fourth-order valence-corrected chi connectivity index (χ4v) is 3.79. The van der Waals surface area contributed by atoms with Crippen LogP contribution in [0.25, 0.3) is 34.2 Å². The highest BCUT2D eigenvalue weighted by Gasteiger charge is 2.30. The van der Waals surface area contributed by atoms with E-state index in [2.05, 4.69) is 11.1 Å². The summed E-state index contributed by atoms with van der Waals surface area (Å²) in [5.41, 5.74) is 1.41. The number of alkyl halides is 3. The van der Waals surface area contributed by atoms with Gasteiger partial charge < -0.3 is 4.42 Å². The van der Waals surface area contributed by atoms with Gasteiger partial charge in [-0.15, -0.1) is 11.3 Å². The normalized spacial score (nSPS) is 12.0. The molecule has 0 fully saturated rings. The van der Waals surface area contributed by atoms with Crippen LogP contribution in [-0.4, -0.2) is 4.98 Å². The molecule has 0 aliphatic heterocycles. The summed E-state index contributed by atoms with van der Waals surface area (Å²) in [7, 11) is 0. The molecule has 0 aliphatic carbocycles. The second-order valence-corrected chi connectivity index (χ2v) is 7.79. The van der Waals surface area contributed by atoms with Gasteiger partial charge in [0.15, 0.2) is 0 Å². The van der Waals surface area contributed by atoms with E-state index in [1.165, 1.54) is 29.5 Å². The van der Waals surface area contributed by atoms with Gasteiger partial charge in [0.2, 0.25) is 0 Å². The maximum atomic E-state index is 13.0. The molecule has 0 N–H and O–H groups in total. The first kappa shape index (κ1) is 20.9. The first-order valence-electron chi connectivity index (χ1n) is 8.94. The van der Waals surface area contributed by atoms with Gasteiger partial charge in [-0.1, -0.05) is 35.9 Å². The molecule has 0 radical (unpaired) electrons. The Labute approximate surface area is 184 Å². The summed E-state index contributed by atoms with van der Waals surface area (Å²) in [6, 6.07) is 17.3. The molecule has 4 aromatic rings. The fourth-order valence-electron chi connectivity index (χ4n) is 2.87. The lowest BCUT2D eigenvalue weighted by Crippen LogP contribution is -2.04. The molecule has 0 unspecified atom stereocenters. The summed E-state index contributed by atoms with van der Waals surface area (Å²) >= 11 is 7.22. The van der Waals surface area contributed by atoms with Gasteiger partial charge in [-0.3, -0.25) is 0 Å². The monoisotopic (exact) mass is 456 g/mol. The van der Waals surface area contributed by atoms with E-state index in [0.29, 0.717) is 27.0 Å². The number of aromatic nitrogens is 1. The third-order valence-corrected chi connectivity index (χ3v) is 5.51. The average Bonchev–Trinajstić information content (AvgIpc) is 3.42. The van der Waals surface area contributed by atoms with E-state index in [1.54, 1.807) is 24.3 Å². The molecule has 2 heterocycles. The van der Waals surface area contributed by atoms with Crippen molar-refractivity contribution in [1.82, 2.24) is 4.98 Å². The van der Waals surface area contributed by atoms with Gasteiger partial charge in [0.25, 0.3) is 0 Å². The molecular formula is C23H12ClF3N2OS. The molecule has 0 amide bonds. The Morgan fingerprint density at radius 1 is 1.06 bits per heavy atom. The Kier molecular flexibility index (Phi) is 5.68. The van der Waals surface area contributed by atoms with Gasteiger partial charge >= 0.3 is 6.18 Å². The second kappa shape index (κ2) is 8.42. The lowest BCUT2D eigenvalue weighted by atomic mass is 10.1. The van der Waals surface area contributed by atoms with E-state index in [-0.39, 0.29) is 11.3 Å². The molecule has 0 bridgehead atoms. The zero-order chi connectivity index (χ0) is 22.0. The highest BCUT2D eigenvalue weighted by atomic mass is 35.5. The molecular weight excluding hydrogens is 445 g/mol. The van der Waals surface area contributed by atoms with Crippen molar-refractivity contribution in [3.05, 3.63) is 87.4 Å². The Balaban J connectivity index is 1.61. The van der Waals surface area contributed by atoms with Gasteiger partial charge in [0, 0.05) is 27.6 Å². The number of nitriles is 1. The van der Waals surface area contributed by atoms with Crippen molar-refractivity contribution in [2.45, 2.75) is 6.18 Å². The number of allylic oxidation sites excluding steroid dienone is 1. The number of hydrogen-bond acceptors (Lipinski definition) is 4. The van der Waals surface area contributed by atoms with Crippen LogP contribution >= 0.6 is 22.9 Å². The minimum absolute atomic E-state index is 0.274. The van der Waals surface area contributed by atoms with Crippen LogP contribution < -0.4 is 0 Å². The molecule has 0 spiro atoms. The number of nitrogens with zero attached hydrogens (tertiary/aromatic N) is 2. The standard InChI is InChI=1S/C23H12ClF3N2OS/c24-18-6-4-14(5-7-18)20-13-31-22(29-20)16(12-28)11-19-8-9-21(30-19)15-2-1-3-17(10-15)23(25,26)27/h1-11,13H/b16-11+. The van der Waals surface area contributed by atoms with Crippen LogP contribution in [0.2, 0.25) is 5.02 Å². The molecule has 154 valence electrons. The Hall–Kier alpha value is -3.34. The summed E-state index contributed by atoms with van der Waals surface area (Å²) in [5.74, 6) is 0.614. The molecule has 4 rings (SSSR count). The van der Waals surface area contributed by atoms with Crippen molar-refractivity contribution in [3.63, 3.8) is 0 Å². The minimum atomic E-state index is -4.44. The lowest BCUT2D eigenvalue weighted by molar-refractivity contribution is -0.137. The van der Waals surface area contributed by atoms with E-state index in [9.17, 15) is 18.4 Å². The quantitative estimate of drug-likeness (QED) is 0.294. The largest absolute Gasteiger partial charge is 0.457 e. The lowest BCUT2D eigenvalue weighted by Gasteiger charge is -2.07. The van der Waals surface area contributed by atoms with Crippen LogP contribution in [0.15, 0.2) is 70.5 Å². The van der Waals surface area contributed by atoms with Crippen molar-refractivity contribution < 1.29 is 17.6 Å². The smallest absolute Gasteiger partial charge is 0.416 e. The molecule has 31 heavy (non-hydrogen) atoms. The minimum Gasteiger partial charge on any atom is -0.457 e. The zero-order valence-electron chi connectivity index (χ0n) is 15.7. The number of rotatable bonds is 4. The Bertz CT molecular complexity index is 1300. The van der Waals surface area contributed by atoms with Crippen LogP contribution in [0.3, 0.4) is 0 Å². The van der Waals surface area contributed by atoms with Gasteiger partial charge in [0.1, 0.15) is 22.6 Å². The number of furan rings is 1. The number of thiazole rings is 1. The second-order valence-electron chi connectivity index (χ2n) is 6.50. The van der Waals surface area contributed by atoms with Crippen LogP contribution in [0.5, 0.6) is 0 Å². The topological polar surface area (TPSA) is 49.8 Å². The predicted octanol–water partition coefficient (Wildman–Crippen LogP) is 7.81. The van der Waals surface area contributed by atoms with Gasteiger partial charge in [0.05, 0.1) is 16.8 Å². The third-order valence-electron chi connectivity index (χ3n) is 4.38. The van der Waals surface area contributed by atoms with Crippen LogP contribution in [0.4, 0.5) is 13.2 Å². The van der Waals surface area contributed by atoms with Crippen molar-refractivity contribution >= 4 is 34.6 Å². The van der Waals surface area contributed by atoms with E-state index in [0.717, 1.165) is 17.7 Å². The van der Waals surface area contributed by atoms with Crippen molar-refractivity contribution in [1.29, 1.82) is 5.26 Å². The molecule has 2 aromatic heterocycles. The van der Waals surface area contributed by atoms with Gasteiger partial charge in [-0.05, 0) is 36.4 Å². The molecule has 0 saturated carbocycles. The van der Waals surface area contributed by atoms with Gasteiger partial charge in [-0.2, -0.15) is 18.4 Å². The summed E-state index contributed by atoms with van der Waals surface area (Å²) in [5, 5.41) is 12.5. The predicted molar refractivity (Wildman–Crippen MR) is 115 cm³/mol. The zero-order valence-corrected chi connectivity index (χ0v) is 17.2. The SMILES string of the molecule is N#C/C(=C\c1ccc(-c2cccc(C(F)(F)F)c2)o1)c1nc(-c2ccc(Cl)cc2)cs1. The van der Waals surface area contributed by atoms with Crippen LogP contribution in [-0.2, 0) is 6.18 Å². The van der Waals surface area contributed by atoms with Crippen LogP contribution in [0, 0.1) is 11.3 Å². The number of halogens is 4. The maximum absolute atomic E-state index is 13.0.